The Morgan fingerprint density at radius 3 is 2.65 bits per heavy atom. The van der Waals surface area contributed by atoms with Gasteiger partial charge in [-0.15, -0.1) is 11.3 Å². The summed E-state index contributed by atoms with van der Waals surface area (Å²) in [6, 6.07) is 4.41. The van der Waals surface area contributed by atoms with Gasteiger partial charge in [-0.3, -0.25) is 4.79 Å². The third kappa shape index (κ3) is 2.51. The van der Waals surface area contributed by atoms with Gasteiger partial charge in [0, 0.05) is 6.07 Å². The SMILES string of the molecule is Cc1cc(NC(=O)c2ccc(C(=O)O)s2)no1. The van der Waals surface area contributed by atoms with E-state index in [9.17, 15) is 9.59 Å². The maximum absolute atomic E-state index is 11.7. The third-order valence-corrected chi connectivity index (χ3v) is 2.98. The lowest BCUT2D eigenvalue weighted by molar-refractivity contribution is 0.0702. The van der Waals surface area contributed by atoms with Crippen LogP contribution in [0.1, 0.15) is 25.1 Å². The molecule has 0 saturated carbocycles. The number of hydrogen-bond acceptors (Lipinski definition) is 5. The number of aromatic nitrogens is 1. The van der Waals surface area contributed by atoms with Gasteiger partial charge >= 0.3 is 5.97 Å². The topological polar surface area (TPSA) is 92.4 Å². The van der Waals surface area contributed by atoms with E-state index in [0.29, 0.717) is 16.5 Å². The minimum absolute atomic E-state index is 0.117. The van der Waals surface area contributed by atoms with Gasteiger partial charge < -0.3 is 14.9 Å². The fourth-order valence-electron chi connectivity index (χ4n) is 1.18. The number of nitrogens with zero attached hydrogens (tertiary/aromatic N) is 1. The minimum atomic E-state index is -1.05. The van der Waals surface area contributed by atoms with Crippen LogP contribution >= 0.6 is 11.3 Å². The summed E-state index contributed by atoms with van der Waals surface area (Å²) in [5.74, 6) is -0.572. The number of hydrogen-bond donors (Lipinski definition) is 2. The molecule has 2 heterocycles. The van der Waals surface area contributed by atoms with Gasteiger partial charge in [0.15, 0.2) is 5.82 Å². The molecule has 7 heteroatoms. The van der Waals surface area contributed by atoms with Gasteiger partial charge in [-0.25, -0.2) is 4.79 Å². The summed E-state index contributed by atoms with van der Waals surface area (Å²) in [7, 11) is 0. The van der Waals surface area contributed by atoms with E-state index >= 15 is 0 Å². The molecule has 0 radical (unpaired) electrons. The molecule has 0 fully saturated rings. The first-order valence-electron chi connectivity index (χ1n) is 4.64. The highest BCUT2D eigenvalue weighted by Gasteiger charge is 2.14. The highest BCUT2D eigenvalue weighted by Crippen LogP contribution is 2.18. The van der Waals surface area contributed by atoms with E-state index in [1.165, 1.54) is 12.1 Å². The zero-order chi connectivity index (χ0) is 12.4. The number of aryl methyl sites for hydroxylation is 1. The smallest absolute Gasteiger partial charge is 0.345 e. The molecule has 2 aromatic heterocycles. The van der Waals surface area contributed by atoms with E-state index in [4.69, 9.17) is 9.63 Å². The summed E-state index contributed by atoms with van der Waals surface area (Å²) in [6.07, 6.45) is 0. The van der Waals surface area contributed by atoms with Crippen LogP contribution in [-0.4, -0.2) is 22.1 Å². The average Bonchev–Trinajstić information content (AvgIpc) is 2.86. The fraction of sp³-hybridized carbons (Fsp3) is 0.100. The van der Waals surface area contributed by atoms with Crippen molar-refractivity contribution in [3.8, 4) is 0 Å². The third-order valence-electron chi connectivity index (χ3n) is 1.91. The maximum atomic E-state index is 11.7. The second-order valence-corrected chi connectivity index (χ2v) is 4.33. The molecule has 0 aliphatic heterocycles. The summed E-state index contributed by atoms with van der Waals surface area (Å²) in [5, 5.41) is 14.8. The van der Waals surface area contributed by atoms with Crippen molar-refractivity contribution in [2.24, 2.45) is 0 Å². The zero-order valence-corrected chi connectivity index (χ0v) is 9.58. The maximum Gasteiger partial charge on any atom is 0.345 e. The molecular formula is C10H8N2O4S. The van der Waals surface area contributed by atoms with E-state index in [2.05, 4.69) is 10.5 Å². The number of anilines is 1. The molecule has 0 spiro atoms. The van der Waals surface area contributed by atoms with Crippen molar-refractivity contribution >= 4 is 29.0 Å². The Morgan fingerprint density at radius 2 is 2.12 bits per heavy atom. The lowest BCUT2D eigenvalue weighted by Gasteiger charge is -1.96. The first-order chi connectivity index (χ1) is 8.06. The quantitative estimate of drug-likeness (QED) is 0.871. The van der Waals surface area contributed by atoms with Crippen LogP contribution in [0, 0.1) is 6.92 Å². The molecule has 6 nitrogen and oxygen atoms in total. The first kappa shape index (κ1) is 11.3. The highest BCUT2D eigenvalue weighted by atomic mass is 32.1. The van der Waals surface area contributed by atoms with Gasteiger partial charge in [-0.1, -0.05) is 5.16 Å². The summed E-state index contributed by atoms with van der Waals surface area (Å²) in [5.41, 5.74) is 0. The molecule has 2 aromatic rings. The van der Waals surface area contributed by atoms with Gasteiger partial charge in [-0.2, -0.15) is 0 Å². The van der Waals surface area contributed by atoms with Gasteiger partial charge in [0.2, 0.25) is 0 Å². The van der Waals surface area contributed by atoms with Crippen molar-refractivity contribution in [1.29, 1.82) is 0 Å². The van der Waals surface area contributed by atoms with Crippen molar-refractivity contribution in [2.45, 2.75) is 6.92 Å². The van der Waals surface area contributed by atoms with E-state index in [1.807, 2.05) is 0 Å². The Morgan fingerprint density at radius 1 is 1.41 bits per heavy atom. The lowest BCUT2D eigenvalue weighted by atomic mass is 10.4. The van der Waals surface area contributed by atoms with Gasteiger partial charge in [0.1, 0.15) is 10.6 Å². The molecule has 88 valence electrons. The summed E-state index contributed by atoms with van der Waals surface area (Å²) >= 11 is 0.905. The lowest BCUT2D eigenvalue weighted by Crippen LogP contribution is -2.10. The number of carboxylic acid groups (broad SMARTS) is 1. The summed E-state index contributed by atoms with van der Waals surface area (Å²) < 4.78 is 4.79. The molecule has 0 aliphatic carbocycles. The van der Waals surface area contributed by atoms with Crippen LogP contribution in [0.5, 0.6) is 0 Å². The largest absolute Gasteiger partial charge is 0.477 e. The molecule has 0 unspecified atom stereocenters. The molecular weight excluding hydrogens is 244 g/mol. The van der Waals surface area contributed by atoms with Crippen molar-refractivity contribution in [3.05, 3.63) is 33.7 Å². The van der Waals surface area contributed by atoms with Crippen LogP contribution in [0.3, 0.4) is 0 Å². The zero-order valence-electron chi connectivity index (χ0n) is 8.76. The number of carbonyl (C=O) groups excluding carboxylic acids is 1. The number of amides is 1. The number of nitrogens with one attached hydrogen (secondary N) is 1. The Balaban J connectivity index is 2.11. The first-order valence-corrected chi connectivity index (χ1v) is 5.45. The van der Waals surface area contributed by atoms with E-state index < -0.39 is 11.9 Å². The van der Waals surface area contributed by atoms with Crippen molar-refractivity contribution in [2.75, 3.05) is 5.32 Å². The summed E-state index contributed by atoms with van der Waals surface area (Å²) in [4.78, 5) is 22.8. The van der Waals surface area contributed by atoms with Crippen molar-refractivity contribution in [1.82, 2.24) is 5.16 Å². The second-order valence-electron chi connectivity index (χ2n) is 3.25. The summed E-state index contributed by atoms with van der Waals surface area (Å²) in [6.45, 7) is 1.70. The molecule has 0 atom stereocenters. The van der Waals surface area contributed by atoms with Crippen LogP contribution in [0.25, 0.3) is 0 Å². The van der Waals surface area contributed by atoms with Crippen LogP contribution in [0.4, 0.5) is 5.82 Å². The molecule has 2 rings (SSSR count). The molecule has 1 amide bonds. The molecule has 17 heavy (non-hydrogen) atoms. The molecule has 0 aromatic carbocycles. The number of aromatic carboxylic acids is 1. The number of carbonyl (C=O) groups is 2. The number of rotatable bonds is 3. The molecule has 2 N–H and O–H groups in total. The highest BCUT2D eigenvalue weighted by molar-refractivity contribution is 7.15. The average molecular weight is 252 g/mol. The van der Waals surface area contributed by atoms with Gasteiger partial charge in [0.05, 0.1) is 4.88 Å². The monoisotopic (exact) mass is 252 g/mol. The van der Waals surface area contributed by atoms with E-state index in [-0.39, 0.29) is 4.88 Å². The molecule has 0 bridgehead atoms. The normalized spacial score (nSPS) is 10.2. The van der Waals surface area contributed by atoms with Crippen LogP contribution in [-0.2, 0) is 0 Å². The predicted molar refractivity (Wildman–Crippen MR) is 60.5 cm³/mol. The van der Waals surface area contributed by atoms with Crippen molar-refractivity contribution < 1.29 is 19.2 Å². The van der Waals surface area contributed by atoms with Crippen LogP contribution in [0.15, 0.2) is 22.7 Å². The Hall–Kier alpha value is -2.15. The molecule has 0 aliphatic rings. The fourth-order valence-corrected chi connectivity index (χ4v) is 1.92. The van der Waals surface area contributed by atoms with Gasteiger partial charge in [0.25, 0.3) is 5.91 Å². The Bertz CT molecular complexity index is 572. The van der Waals surface area contributed by atoms with Crippen LogP contribution < -0.4 is 5.32 Å². The predicted octanol–water partition coefficient (Wildman–Crippen LogP) is 2.00. The standard InChI is InChI=1S/C10H8N2O4S/c1-5-4-8(12-16-5)11-9(13)6-2-3-7(17-6)10(14)15/h2-4H,1H3,(H,14,15)(H,11,12,13). The Kier molecular flexibility index (Phi) is 2.92. The molecule has 0 saturated heterocycles. The van der Waals surface area contributed by atoms with Gasteiger partial charge in [-0.05, 0) is 19.1 Å². The Labute approximate surface area is 99.9 Å². The van der Waals surface area contributed by atoms with Crippen LogP contribution in [0.2, 0.25) is 0 Å². The van der Waals surface area contributed by atoms with E-state index in [0.717, 1.165) is 11.3 Å². The minimum Gasteiger partial charge on any atom is -0.477 e. The van der Waals surface area contributed by atoms with Crippen molar-refractivity contribution in [3.63, 3.8) is 0 Å². The number of carboxylic acids is 1. The second kappa shape index (κ2) is 4.38. The van der Waals surface area contributed by atoms with E-state index in [1.54, 1.807) is 13.0 Å². The number of thiophene rings is 1.